The quantitative estimate of drug-likeness (QED) is 0.311. The van der Waals surface area contributed by atoms with Crippen molar-refractivity contribution in [3.8, 4) is 0 Å². The van der Waals surface area contributed by atoms with Crippen molar-refractivity contribution in [3.05, 3.63) is 34.9 Å². The molecule has 0 heterocycles. The number of aliphatic imine (C=N–C) groups is 1. The Kier molecular flexibility index (Phi) is 8.31. The van der Waals surface area contributed by atoms with Crippen molar-refractivity contribution in [1.29, 1.82) is 0 Å². The highest BCUT2D eigenvalue weighted by atomic mass is 35.5. The van der Waals surface area contributed by atoms with Crippen LogP contribution in [0.1, 0.15) is 55.8 Å². The zero-order valence-corrected chi connectivity index (χ0v) is 13.9. The second kappa shape index (κ2) is 9.71. The summed E-state index contributed by atoms with van der Waals surface area (Å²) in [5.74, 6) is -1.11. The third-order valence-corrected chi connectivity index (χ3v) is 3.62. The van der Waals surface area contributed by atoms with E-state index in [4.69, 9.17) is 11.6 Å². The highest BCUT2D eigenvalue weighted by molar-refractivity contribution is 6.48. The lowest BCUT2D eigenvalue weighted by Gasteiger charge is -2.10. The van der Waals surface area contributed by atoms with Gasteiger partial charge < -0.3 is 0 Å². The number of benzene rings is 1. The molecule has 128 valence electrons. The molecule has 23 heavy (non-hydrogen) atoms. The van der Waals surface area contributed by atoms with Crippen LogP contribution < -0.4 is 0 Å². The highest BCUT2D eigenvalue weighted by Crippen LogP contribution is 2.21. The van der Waals surface area contributed by atoms with Crippen LogP contribution in [0.2, 0.25) is 5.02 Å². The van der Waals surface area contributed by atoms with E-state index in [2.05, 4.69) is 11.9 Å². The topological polar surface area (TPSA) is 29.4 Å². The van der Waals surface area contributed by atoms with Crippen LogP contribution in [-0.4, -0.2) is 24.2 Å². The Morgan fingerprint density at radius 1 is 1.04 bits per heavy atom. The zero-order chi connectivity index (χ0) is 17.3. The molecule has 0 spiro atoms. The fraction of sp³-hybridized carbons (Fsp3) is 0.529. The summed E-state index contributed by atoms with van der Waals surface area (Å²) in [5, 5.41) is 0.360. The first-order chi connectivity index (χ1) is 10.9. The number of nitrogens with zero attached hydrogens (tertiary/aromatic N) is 1. The minimum Gasteiger partial charge on any atom is -0.287 e. The summed E-state index contributed by atoms with van der Waals surface area (Å²) in [6, 6.07) is 5.32. The Hall–Kier alpha value is -1.36. The van der Waals surface area contributed by atoms with E-state index in [1.54, 1.807) is 0 Å². The summed E-state index contributed by atoms with van der Waals surface area (Å²) >= 11 is 5.68. The van der Waals surface area contributed by atoms with Crippen molar-refractivity contribution in [2.24, 2.45) is 4.99 Å². The predicted octanol–water partition coefficient (Wildman–Crippen LogP) is 5.89. The van der Waals surface area contributed by atoms with E-state index in [0.717, 1.165) is 32.1 Å². The van der Waals surface area contributed by atoms with Crippen LogP contribution in [0.3, 0.4) is 0 Å². The molecule has 1 rings (SSSR count). The number of halogens is 4. The number of hydrogen-bond acceptors (Lipinski definition) is 2. The molecule has 0 fully saturated rings. The molecule has 0 radical (unpaired) electrons. The monoisotopic (exact) mass is 347 g/mol. The average Bonchev–Trinajstić information content (AvgIpc) is 2.49. The Bertz CT molecular complexity index is 524. The van der Waals surface area contributed by atoms with Gasteiger partial charge in [0, 0.05) is 17.1 Å². The Labute approximate surface area is 139 Å². The second-order valence-corrected chi connectivity index (χ2v) is 5.77. The van der Waals surface area contributed by atoms with Crippen LogP contribution in [0.15, 0.2) is 29.3 Å². The molecule has 0 saturated heterocycles. The minimum absolute atomic E-state index is 0.0142. The van der Waals surface area contributed by atoms with Crippen LogP contribution in [0, 0.1) is 0 Å². The summed E-state index contributed by atoms with van der Waals surface area (Å²) < 4.78 is 39.1. The van der Waals surface area contributed by atoms with Crippen LogP contribution in [0.5, 0.6) is 0 Å². The van der Waals surface area contributed by atoms with Crippen molar-refractivity contribution in [3.63, 3.8) is 0 Å². The smallest absolute Gasteiger partial charge is 0.287 e. The van der Waals surface area contributed by atoms with E-state index < -0.39 is 17.7 Å². The van der Waals surface area contributed by atoms with Gasteiger partial charge in [0.25, 0.3) is 0 Å². The molecule has 0 aliphatic carbocycles. The predicted molar refractivity (Wildman–Crippen MR) is 87.5 cm³/mol. The van der Waals surface area contributed by atoms with Crippen LogP contribution in [0.4, 0.5) is 13.2 Å². The number of hydrogen-bond donors (Lipinski definition) is 0. The molecule has 6 heteroatoms. The number of carbonyl (C=O) groups excluding carboxylic acids is 1. The maximum atomic E-state index is 13.0. The minimum atomic E-state index is -4.75. The van der Waals surface area contributed by atoms with Crippen molar-refractivity contribution < 1.29 is 18.0 Å². The van der Waals surface area contributed by atoms with E-state index in [9.17, 15) is 18.0 Å². The van der Waals surface area contributed by atoms with E-state index in [0.29, 0.717) is 11.4 Å². The van der Waals surface area contributed by atoms with Crippen molar-refractivity contribution in [2.75, 3.05) is 6.54 Å². The molecule has 2 nitrogen and oxygen atoms in total. The molecule has 0 amide bonds. The second-order valence-electron chi connectivity index (χ2n) is 5.33. The van der Waals surface area contributed by atoms with Crippen molar-refractivity contribution in [1.82, 2.24) is 0 Å². The third kappa shape index (κ3) is 7.16. The van der Waals surface area contributed by atoms with E-state index in [1.807, 2.05) is 0 Å². The van der Waals surface area contributed by atoms with Gasteiger partial charge >= 0.3 is 6.18 Å². The van der Waals surface area contributed by atoms with Crippen LogP contribution >= 0.6 is 11.6 Å². The molecule has 0 saturated carbocycles. The van der Waals surface area contributed by atoms with Gasteiger partial charge in [0.15, 0.2) is 5.71 Å². The molecule has 1 aromatic rings. The third-order valence-electron chi connectivity index (χ3n) is 3.37. The summed E-state index contributed by atoms with van der Waals surface area (Å²) in [6.07, 6.45) is 0.934. The number of ketones is 1. The first-order valence-electron chi connectivity index (χ1n) is 7.78. The van der Waals surface area contributed by atoms with Gasteiger partial charge in [-0.3, -0.25) is 9.79 Å². The van der Waals surface area contributed by atoms with Crippen LogP contribution in [0.25, 0.3) is 0 Å². The lowest BCUT2D eigenvalue weighted by Crippen LogP contribution is -2.31. The summed E-state index contributed by atoms with van der Waals surface area (Å²) in [4.78, 5) is 15.5. The van der Waals surface area contributed by atoms with Gasteiger partial charge in [0.1, 0.15) is 0 Å². The van der Waals surface area contributed by atoms with Gasteiger partial charge in [-0.05, 0) is 30.7 Å². The first kappa shape index (κ1) is 19.7. The summed E-state index contributed by atoms with van der Waals surface area (Å²) in [6.45, 7) is 2.11. The lowest BCUT2D eigenvalue weighted by atomic mass is 10.1. The van der Waals surface area contributed by atoms with Gasteiger partial charge in [0.2, 0.25) is 5.78 Å². The molecular weight excluding hydrogens is 327 g/mol. The standard InChI is InChI=1S/C17H21ClF3NO/c1-2-3-4-5-6-7-12-22-16(17(19,20)21)15(23)13-8-10-14(18)11-9-13/h8-11H,2-7,12H2,1H3. The van der Waals surface area contributed by atoms with Gasteiger partial charge in [0.05, 0.1) is 0 Å². The number of Topliss-reactive ketones (excluding diaryl/α,β-unsaturated/α-hetero) is 1. The van der Waals surface area contributed by atoms with Gasteiger partial charge in [-0.2, -0.15) is 13.2 Å². The number of alkyl halides is 3. The molecular formula is C17H21ClF3NO. The van der Waals surface area contributed by atoms with Crippen molar-refractivity contribution in [2.45, 2.75) is 51.6 Å². The number of carbonyl (C=O) groups is 1. The van der Waals surface area contributed by atoms with Crippen LogP contribution in [-0.2, 0) is 0 Å². The Balaban J connectivity index is 2.67. The maximum absolute atomic E-state index is 13.0. The fourth-order valence-electron chi connectivity index (χ4n) is 2.11. The lowest BCUT2D eigenvalue weighted by molar-refractivity contribution is -0.0583. The molecule has 0 atom stereocenters. The molecule has 0 bridgehead atoms. The normalized spacial score (nSPS) is 12.5. The van der Waals surface area contributed by atoms with E-state index >= 15 is 0 Å². The highest BCUT2D eigenvalue weighted by Gasteiger charge is 2.40. The molecule has 0 unspecified atom stereocenters. The van der Waals surface area contributed by atoms with Crippen molar-refractivity contribution >= 4 is 23.1 Å². The van der Waals surface area contributed by atoms with Gasteiger partial charge in [-0.1, -0.05) is 50.6 Å². The maximum Gasteiger partial charge on any atom is 0.436 e. The number of rotatable bonds is 9. The van der Waals surface area contributed by atoms with E-state index in [-0.39, 0.29) is 12.1 Å². The summed E-state index contributed by atoms with van der Waals surface area (Å²) in [7, 11) is 0. The molecule has 1 aromatic carbocycles. The Morgan fingerprint density at radius 3 is 2.17 bits per heavy atom. The average molecular weight is 348 g/mol. The van der Waals surface area contributed by atoms with Gasteiger partial charge in [-0.25, -0.2) is 0 Å². The summed E-state index contributed by atoms with van der Waals surface area (Å²) in [5.41, 5.74) is -1.40. The molecule has 0 aromatic heterocycles. The SMILES string of the molecule is CCCCCCCCN=C(C(=O)c1ccc(Cl)cc1)C(F)(F)F. The first-order valence-corrected chi connectivity index (χ1v) is 8.16. The molecule has 0 N–H and O–H groups in total. The zero-order valence-electron chi connectivity index (χ0n) is 13.1. The molecule has 0 aliphatic rings. The molecule has 0 aliphatic heterocycles. The van der Waals surface area contributed by atoms with Gasteiger partial charge in [-0.15, -0.1) is 0 Å². The fourth-order valence-corrected chi connectivity index (χ4v) is 2.24. The largest absolute Gasteiger partial charge is 0.436 e. The Morgan fingerprint density at radius 2 is 1.61 bits per heavy atom. The number of unbranched alkanes of at least 4 members (excludes halogenated alkanes) is 5. The van der Waals surface area contributed by atoms with E-state index in [1.165, 1.54) is 24.3 Å².